The SMILES string of the molecule is CN1CCCC(CN)C1c1ccc(Cl)c(Cl)c1. The molecule has 2 nitrogen and oxygen atoms in total. The minimum absolute atomic E-state index is 0.364. The number of nitrogens with zero attached hydrogens (tertiary/aromatic N) is 1. The molecule has 2 atom stereocenters. The minimum Gasteiger partial charge on any atom is -0.330 e. The highest BCUT2D eigenvalue weighted by atomic mass is 35.5. The zero-order valence-corrected chi connectivity index (χ0v) is 11.5. The molecule has 1 aliphatic heterocycles. The monoisotopic (exact) mass is 272 g/mol. The van der Waals surface area contributed by atoms with Crippen LogP contribution in [0.15, 0.2) is 18.2 Å². The molecule has 0 aliphatic carbocycles. The van der Waals surface area contributed by atoms with Crippen molar-refractivity contribution in [1.29, 1.82) is 0 Å². The van der Waals surface area contributed by atoms with Crippen molar-refractivity contribution in [1.82, 2.24) is 4.90 Å². The van der Waals surface area contributed by atoms with Gasteiger partial charge >= 0.3 is 0 Å². The van der Waals surface area contributed by atoms with Crippen molar-refractivity contribution in [2.45, 2.75) is 18.9 Å². The predicted octanol–water partition coefficient (Wildman–Crippen LogP) is 3.34. The summed E-state index contributed by atoms with van der Waals surface area (Å²) in [6.45, 7) is 1.83. The van der Waals surface area contributed by atoms with Gasteiger partial charge in [0.05, 0.1) is 10.0 Å². The van der Waals surface area contributed by atoms with E-state index in [2.05, 4.69) is 18.0 Å². The Balaban J connectivity index is 2.31. The number of rotatable bonds is 2. The summed E-state index contributed by atoms with van der Waals surface area (Å²) in [4.78, 5) is 2.36. The first kappa shape index (κ1) is 13.2. The smallest absolute Gasteiger partial charge is 0.0595 e. The third-order valence-corrected chi connectivity index (χ3v) is 4.33. The van der Waals surface area contributed by atoms with Crippen LogP contribution in [0.25, 0.3) is 0 Å². The number of hydrogen-bond acceptors (Lipinski definition) is 2. The van der Waals surface area contributed by atoms with E-state index in [1.165, 1.54) is 18.4 Å². The van der Waals surface area contributed by atoms with Gasteiger partial charge in [0.1, 0.15) is 0 Å². The van der Waals surface area contributed by atoms with Crippen molar-refractivity contribution in [2.24, 2.45) is 11.7 Å². The molecule has 0 bridgehead atoms. The molecule has 0 saturated carbocycles. The fraction of sp³-hybridized carbons (Fsp3) is 0.538. The van der Waals surface area contributed by atoms with Crippen LogP contribution in [-0.2, 0) is 0 Å². The van der Waals surface area contributed by atoms with Gasteiger partial charge in [-0.15, -0.1) is 0 Å². The molecule has 2 N–H and O–H groups in total. The van der Waals surface area contributed by atoms with Crippen molar-refractivity contribution < 1.29 is 0 Å². The summed E-state index contributed by atoms with van der Waals surface area (Å²) < 4.78 is 0. The second-order valence-corrected chi connectivity index (χ2v) is 5.55. The first-order valence-electron chi connectivity index (χ1n) is 5.98. The topological polar surface area (TPSA) is 29.3 Å². The van der Waals surface area contributed by atoms with Gasteiger partial charge in [-0.05, 0) is 56.6 Å². The highest BCUT2D eigenvalue weighted by molar-refractivity contribution is 6.42. The Kier molecular flexibility index (Phi) is 4.31. The summed E-state index contributed by atoms with van der Waals surface area (Å²) in [6, 6.07) is 6.26. The first-order chi connectivity index (χ1) is 8.13. The maximum absolute atomic E-state index is 6.09. The molecule has 94 valence electrons. The normalized spacial score (nSPS) is 26.1. The second-order valence-electron chi connectivity index (χ2n) is 4.74. The van der Waals surface area contributed by atoms with Crippen molar-refractivity contribution in [3.8, 4) is 0 Å². The van der Waals surface area contributed by atoms with E-state index in [1.54, 1.807) is 0 Å². The van der Waals surface area contributed by atoms with Crippen molar-refractivity contribution in [2.75, 3.05) is 20.1 Å². The van der Waals surface area contributed by atoms with Gasteiger partial charge < -0.3 is 5.73 Å². The number of hydrogen-bond donors (Lipinski definition) is 1. The summed E-state index contributed by atoms with van der Waals surface area (Å²) in [5.74, 6) is 0.506. The van der Waals surface area contributed by atoms with Gasteiger partial charge in [0, 0.05) is 6.04 Å². The Hall–Kier alpha value is -0.280. The molecule has 1 saturated heterocycles. The summed E-state index contributed by atoms with van der Waals surface area (Å²) in [6.07, 6.45) is 2.40. The number of benzene rings is 1. The van der Waals surface area contributed by atoms with E-state index >= 15 is 0 Å². The van der Waals surface area contributed by atoms with Crippen LogP contribution < -0.4 is 5.73 Å². The van der Waals surface area contributed by atoms with Gasteiger partial charge in [0.2, 0.25) is 0 Å². The average molecular weight is 273 g/mol. The summed E-state index contributed by atoms with van der Waals surface area (Å²) in [5.41, 5.74) is 7.09. The lowest BCUT2D eigenvalue weighted by Gasteiger charge is -2.39. The summed E-state index contributed by atoms with van der Waals surface area (Å²) >= 11 is 12.0. The molecule has 0 aromatic heterocycles. The lowest BCUT2D eigenvalue weighted by atomic mass is 9.85. The molecular weight excluding hydrogens is 255 g/mol. The van der Waals surface area contributed by atoms with Crippen molar-refractivity contribution in [3.05, 3.63) is 33.8 Å². The third kappa shape index (κ3) is 2.76. The van der Waals surface area contributed by atoms with Crippen LogP contribution in [0.3, 0.4) is 0 Å². The molecule has 1 fully saturated rings. The van der Waals surface area contributed by atoms with Gasteiger partial charge in [0.15, 0.2) is 0 Å². The first-order valence-corrected chi connectivity index (χ1v) is 6.74. The van der Waals surface area contributed by atoms with Crippen LogP contribution in [0.5, 0.6) is 0 Å². The van der Waals surface area contributed by atoms with Crippen molar-refractivity contribution >= 4 is 23.2 Å². The predicted molar refractivity (Wildman–Crippen MR) is 73.6 cm³/mol. The molecule has 1 aromatic rings. The zero-order valence-electron chi connectivity index (χ0n) is 10.00. The van der Waals surface area contributed by atoms with Crippen LogP contribution in [0.2, 0.25) is 10.0 Å². The molecule has 0 spiro atoms. The van der Waals surface area contributed by atoms with Crippen LogP contribution in [-0.4, -0.2) is 25.0 Å². The fourth-order valence-electron chi connectivity index (χ4n) is 2.73. The zero-order chi connectivity index (χ0) is 12.4. The lowest BCUT2D eigenvalue weighted by Crippen LogP contribution is -2.39. The molecule has 2 rings (SSSR count). The number of likely N-dealkylation sites (tertiary alicyclic amines) is 1. The van der Waals surface area contributed by atoms with Crippen LogP contribution >= 0.6 is 23.2 Å². The Bertz CT molecular complexity index is 395. The van der Waals surface area contributed by atoms with Gasteiger partial charge in [-0.25, -0.2) is 0 Å². The summed E-state index contributed by atoms with van der Waals surface area (Å²) in [7, 11) is 2.15. The van der Waals surface area contributed by atoms with E-state index in [1.807, 2.05) is 12.1 Å². The Morgan fingerprint density at radius 1 is 1.35 bits per heavy atom. The molecule has 4 heteroatoms. The van der Waals surface area contributed by atoms with Gasteiger partial charge in [-0.2, -0.15) is 0 Å². The lowest BCUT2D eigenvalue weighted by molar-refractivity contribution is 0.125. The molecule has 0 amide bonds. The highest BCUT2D eigenvalue weighted by Gasteiger charge is 2.29. The van der Waals surface area contributed by atoms with Crippen LogP contribution in [0, 0.1) is 5.92 Å². The van der Waals surface area contributed by atoms with E-state index in [-0.39, 0.29) is 0 Å². The molecule has 1 aromatic carbocycles. The molecule has 17 heavy (non-hydrogen) atoms. The molecule has 0 radical (unpaired) electrons. The molecule has 2 unspecified atom stereocenters. The van der Waals surface area contributed by atoms with Gasteiger partial charge in [0.25, 0.3) is 0 Å². The quantitative estimate of drug-likeness (QED) is 0.895. The Labute approximate surface area is 113 Å². The number of nitrogens with two attached hydrogens (primary N) is 1. The molecular formula is C13H18Cl2N2. The van der Waals surface area contributed by atoms with Crippen molar-refractivity contribution in [3.63, 3.8) is 0 Å². The maximum atomic E-state index is 6.09. The number of piperidine rings is 1. The van der Waals surface area contributed by atoms with Crippen LogP contribution in [0.1, 0.15) is 24.4 Å². The molecule has 1 aliphatic rings. The molecule has 1 heterocycles. The largest absolute Gasteiger partial charge is 0.330 e. The third-order valence-electron chi connectivity index (χ3n) is 3.60. The maximum Gasteiger partial charge on any atom is 0.0595 e. The van der Waals surface area contributed by atoms with Crippen LogP contribution in [0.4, 0.5) is 0 Å². The highest BCUT2D eigenvalue weighted by Crippen LogP contribution is 2.36. The Morgan fingerprint density at radius 3 is 2.76 bits per heavy atom. The minimum atomic E-state index is 0.364. The van der Waals surface area contributed by atoms with E-state index < -0.39 is 0 Å². The number of halogens is 2. The van der Waals surface area contributed by atoms with Gasteiger partial charge in [-0.3, -0.25) is 4.90 Å². The standard InChI is InChI=1S/C13H18Cl2N2/c1-17-6-2-3-10(8-16)13(17)9-4-5-11(14)12(15)7-9/h4-5,7,10,13H,2-3,6,8,16H2,1H3. The van der Waals surface area contributed by atoms with Gasteiger partial charge in [-0.1, -0.05) is 29.3 Å². The van der Waals surface area contributed by atoms with E-state index in [9.17, 15) is 0 Å². The fourth-order valence-corrected chi connectivity index (χ4v) is 3.04. The second kappa shape index (κ2) is 5.57. The average Bonchev–Trinajstić information content (AvgIpc) is 2.32. The van der Waals surface area contributed by atoms with E-state index in [0.717, 1.165) is 13.1 Å². The Morgan fingerprint density at radius 2 is 2.12 bits per heavy atom. The van der Waals surface area contributed by atoms with E-state index in [0.29, 0.717) is 22.0 Å². The summed E-state index contributed by atoms with van der Waals surface area (Å²) in [5, 5.41) is 1.23. The van der Waals surface area contributed by atoms with E-state index in [4.69, 9.17) is 28.9 Å².